The molecule has 0 unspecified atom stereocenters. The highest BCUT2D eigenvalue weighted by molar-refractivity contribution is 6.35. The fourth-order valence-corrected chi connectivity index (χ4v) is 2.58. The highest BCUT2D eigenvalue weighted by Crippen LogP contribution is 2.22. The highest BCUT2D eigenvalue weighted by Gasteiger charge is 2.12. The molecule has 0 saturated heterocycles. The summed E-state index contributed by atoms with van der Waals surface area (Å²) in [5.74, 6) is 0.814. The molecule has 0 N–H and O–H groups in total. The molecule has 0 aliphatic carbocycles. The first-order valence-corrected chi connectivity index (χ1v) is 7.39. The number of aromatic nitrogens is 2. The topological polar surface area (TPSA) is 51.3 Å². The van der Waals surface area contributed by atoms with Crippen LogP contribution in [-0.2, 0) is 17.9 Å². The lowest BCUT2D eigenvalue weighted by Gasteiger charge is -2.15. The van der Waals surface area contributed by atoms with Crippen LogP contribution in [0.25, 0.3) is 10.9 Å². The number of rotatable bonds is 5. The van der Waals surface area contributed by atoms with Gasteiger partial charge in [-0.3, -0.25) is 9.48 Å². The van der Waals surface area contributed by atoms with Crippen molar-refractivity contribution < 1.29 is 9.21 Å². The smallest absolute Gasteiger partial charge is 0.224 e. The van der Waals surface area contributed by atoms with Crippen molar-refractivity contribution in [2.24, 2.45) is 0 Å². The zero-order valence-electron chi connectivity index (χ0n) is 12.2. The van der Waals surface area contributed by atoms with E-state index in [0.29, 0.717) is 24.5 Å². The molecule has 1 amide bonds. The van der Waals surface area contributed by atoms with E-state index in [1.807, 2.05) is 30.3 Å². The molecule has 2 heterocycles. The monoisotopic (exact) mass is 317 g/mol. The number of carbonyl (C=O) groups is 1. The molecule has 0 saturated carbocycles. The van der Waals surface area contributed by atoms with E-state index in [1.54, 1.807) is 29.1 Å². The summed E-state index contributed by atoms with van der Waals surface area (Å²) in [5.41, 5.74) is 0.939. The normalized spacial score (nSPS) is 11.0. The van der Waals surface area contributed by atoms with E-state index < -0.39 is 0 Å². The number of furan rings is 1. The standard InChI is InChI=1S/C16H16ClN3O2/c1-19(11-12-4-3-9-22-12)16(21)7-8-20-15-6-2-5-14(17)13(15)10-18-20/h2-6,9-10H,7-8,11H2,1H3. The number of amides is 1. The Labute approximate surface area is 133 Å². The SMILES string of the molecule is CN(Cc1ccco1)C(=O)CCn1ncc2c(Cl)cccc21. The van der Waals surface area contributed by atoms with Crippen LogP contribution in [-0.4, -0.2) is 27.6 Å². The highest BCUT2D eigenvalue weighted by atomic mass is 35.5. The second kappa shape index (κ2) is 6.23. The number of fused-ring (bicyclic) bond motifs is 1. The molecule has 0 bridgehead atoms. The average Bonchev–Trinajstić information content (AvgIpc) is 3.15. The Hall–Kier alpha value is -2.27. The lowest BCUT2D eigenvalue weighted by Crippen LogP contribution is -2.27. The maximum Gasteiger partial charge on any atom is 0.224 e. The molecule has 0 aliphatic rings. The summed E-state index contributed by atoms with van der Waals surface area (Å²) in [7, 11) is 1.77. The zero-order chi connectivity index (χ0) is 15.5. The molecule has 6 heteroatoms. The lowest BCUT2D eigenvalue weighted by atomic mass is 10.2. The average molecular weight is 318 g/mol. The van der Waals surface area contributed by atoms with Crippen molar-refractivity contribution in [3.63, 3.8) is 0 Å². The summed E-state index contributed by atoms with van der Waals surface area (Å²) in [6.07, 6.45) is 3.71. The molecule has 114 valence electrons. The van der Waals surface area contributed by atoms with Crippen molar-refractivity contribution in [1.82, 2.24) is 14.7 Å². The molecule has 5 nitrogen and oxygen atoms in total. The van der Waals surface area contributed by atoms with Gasteiger partial charge in [0.2, 0.25) is 5.91 Å². The summed E-state index contributed by atoms with van der Waals surface area (Å²) >= 11 is 6.12. The predicted molar refractivity (Wildman–Crippen MR) is 84.5 cm³/mol. The number of hydrogen-bond donors (Lipinski definition) is 0. The Morgan fingerprint density at radius 2 is 2.23 bits per heavy atom. The summed E-state index contributed by atoms with van der Waals surface area (Å²) in [6.45, 7) is 0.989. The van der Waals surface area contributed by atoms with Gasteiger partial charge in [0.25, 0.3) is 0 Å². The Balaban J connectivity index is 1.63. The number of hydrogen-bond acceptors (Lipinski definition) is 3. The van der Waals surface area contributed by atoms with Crippen LogP contribution >= 0.6 is 11.6 Å². The minimum atomic E-state index is 0.0436. The third-order valence-electron chi connectivity index (χ3n) is 3.57. The van der Waals surface area contributed by atoms with E-state index in [9.17, 15) is 4.79 Å². The third-order valence-corrected chi connectivity index (χ3v) is 3.90. The van der Waals surface area contributed by atoms with E-state index in [0.717, 1.165) is 16.7 Å². The van der Waals surface area contributed by atoms with Crippen LogP contribution in [0.3, 0.4) is 0 Å². The van der Waals surface area contributed by atoms with Crippen molar-refractivity contribution in [1.29, 1.82) is 0 Å². The zero-order valence-corrected chi connectivity index (χ0v) is 13.0. The Morgan fingerprint density at radius 3 is 3.00 bits per heavy atom. The van der Waals surface area contributed by atoms with Crippen molar-refractivity contribution in [2.75, 3.05) is 7.05 Å². The van der Waals surface area contributed by atoms with Gasteiger partial charge in [-0.15, -0.1) is 0 Å². The number of halogens is 1. The first-order valence-electron chi connectivity index (χ1n) is 7.01. The van der Waals surface area contributed by atoms with Crippen LogP contribution in [0.1, 0.15) is 12.2 Å². The van der Waals surface area contributed by atoms with Gasteiger partial charge in [-0.1, -0.05) is 17.7 Å². The molecule has 2 aromatic heterocycles. The molecular weight excluding hydrogens is 302 g/mol. The number of benzene rings is 1. The van der Waals surface area contributed by atoms with Crippen LogP contribution in [0.2, 0.25) is 5.02 Å². The van der Waals surface area contributed by atoms with E-state index in [-0.39, 0.29) is 5.91 Å². The van der Waals surface area contributed by atoms with E-state index in [2.05, 4.69) is 5.10 Å². The molecule has 22 heavy (non-hydrogen) atoms. The van der Waals surface area contributed by atoms with Crippen molar-refractivity contribution >= 4 is 28.4 Å². The van der Waals surface area contributed by atoms with Gasteiger partial charge in [0.1, 0.15) is 5.76 Å². The fraction of sp³-hybridized carbons (Fsp3) is 0.250. The molecule has 1 aromatic carbocycles. The Bertz CT molecular complexity index is 780. The maximum atomic E-state index is 12.2. The summed E-state index contributed by atoms with van der Waals surface area (Å²) in [5, 5.41) is 5.88. The molecule has 0 aliphatic heterocycles. The van der Waals surface area contributed by atoms with Crippen molar-refractivity contribution in [3.05, 3.63) is 53.6 Å². The van der Waals surface area contributed by atoms with Crippen LogP contribution in [0, 0.1) is 0 Å². The van der Waals surface area contributed by atoms with Gasteiger partial charge in [0, 0.05) is 18.9 Å². The second-order valence-electron chi connectivity index (χ2n) is 5.12. The Morgan fingerprint density at radius 1 is 1.36 bits per heavy atom. The molecular formula is C16H16ClN3O2. The summed E-state index contributed by atoms with van der Waals surface area (Å²) in [6, 6.07) is 9.33. The number of nitrogens with zero attached hydrogens (tertiary/aromatic N) is 3. The molecule has 0 fully saturated rings. The van der Waals surface area contributed by atoms with Crippen LogP contribution < -0.4 is 0 Å². The van der Waals surface area contributed by atoms with Gasteiger partial charge in [0.05, 0.1) is 36.1 Å². The van der Waals surface area contributed by atoms with E-state index in [1.165, 1.54) is 0 Å². The van der Waals surface area contributed by atoms with Crippen molar-refractivity contribution in [2.45, 2.75) is 19.5 Å². The summed E-state index contributed by atoms with van der Waals surface area (Å²) in [4.78, 5) is 13.8. The fourth-order valence-electron chi connectivity index (χ4n) is 2.36. The minimum absolute atomic E-state index is 0.0436. The first kappa shape index (κ1) is 14.7. The van der Waals surface area contributed by atoms with E-state index in [4.69, 9.17) is 16.0 Å². The number of aryl methyl sites for hydroxylation is 1. The quantitative estimate of drug-likeness (QED) is 0.725. The van der Waals surface area contributed by atoms with Crippen molar-refractivity contribution in [3.8, 4) is 0 Å². The predicted octanol–water partition coefficient (Wildman–Crippen LogP) is 3.33. The lowest BCUT2D eigenvalue weighted by molar-refractivity contribution is -0.130. The third kappa shape index (κ3) is 2.99. The van der Waals surface area contributed by atoms with Gasteiger partial charge in [-0.25, -0.2) is 0 Å². The summed E-state index contributed by atoms with van der Waals surface area (Å²) < 4.78 is 7.05. The van der Waals surface area contributed by atoms with Crippen LogP contribution in [0.5, 0.6) is 0 Å². The number of carbonyl (C=O) groups excluding carboxylic acids is 1. The minimum Gasteiger partial charge on any atom is -0.467 e. The van der Waals surface area contributed by atoms with Crippen LogP contribution in [0.4, 0.5) is 0 Å². The van der Waals surface area contributed by atoms with Gasteiger partial charge in [-0.2, -0.15) is 5.10 Å². The van der Waals surface area contributed by atoms with Gasteiger partial charge in [0.15, 0.2) is 0 Å². The molecule has 0 radical (unpaired) electrons. The molecule has 3 aromatic rings. The second-order valence-corrected chi connectivity index (χ2v) is 5.53. The van der Waals surface area contributed by atoms with Gasteiger partial charge in [-0.05, 0) is 24.3 Å². The Kier molecular flexibility index (Phi) is 4.15. The first-order chi connectivity index (χ1) is 10.6. The molecule has 3 rings (SSSR count). The van der Waals surface area contributed by atoms with Gasteiger partial charge >= 0.3 is 0 Å². The molecule has 0 spiro atoms. The maximum absolute atomic E-state index is 12.2. The van der Waals surface area contributed by atoms with E-state index >= 15 is 0 Å². The van der Waals surface area contributed by atoms with Gasteiger partial charge < -0.3 is 9.32 Å². The molecule has 0 atom stereocenters. The van der Waals surface area contributed by atoms with Crippen LogP contribution in [0.15, 0.2) is 47.2 Å². The largest absolute Gasteiger partial charge is 0.467 e.